The Labute approximate surface area is 157 Å². The van der Waals surface area contributed by atoms with E-state index in [0.717, 1.165) is 0 Å². The summed E-state index contributed by atoms with van der Waals surface area (Å²) in [5, 5.41) is 22.4. The monoisotopic (exact) mass is 377 g/mol. The Morgan fingerprint density at radius 3 is 2.33 bits per heavy atom. The summed E-state index contributed by atoms with van der Waals surface area (Å²) >= 11 is 0. The highest BCUT2D eigenvalue weighted by Crippen LogP contribution is 2.09. The Kier molecular flexibility index (Phi) is 8.41. The zero-order chi connectivity index (χ0) is 20.4. The molecule has 0 saturated carbocycles. The van der Waals surface area contributed by atoms with Crippen LogP contribution in [0.25, 0.3) is 0 Å². The van der Waals surface area contributed by atoms with E-state index in [0.29, 0.717) is 12.0 Å². The number of methoxy groups -OCH3 is 1. The molecule has 146 valence electrons. The van der Waals surface area contributed by atoms with Crippen molar-refractivity contribution in [2.45, 2.75) is 25.0 Å². The Bertz CT molecular complexity index is 716. The number of ether oxygens (including phenoxy) is 1. The van der Waals surface area contributed by atoms with Crippen molar-refractivity contribution in [3.63, 3.8) is 0 Å². The van der Waals surface area contributed by atoms with Crippen LogP contribution in [-0.2, 0) is 14.3 Å². The number of amides is 3. The predicted molar refractivity (Wildman–Crippen MR) is 95.7 cm³/mol. The first-order chi connectivity index (χ1) is 12.8. The Morgan fingerprint density at radius 2 is 1.85 bits per heavy atom. The number of hydroxylamine groups is 1. The van der Waals surface area contributed by atoms with Crippen molar-refractivity contribution in [3.8, 4) is 11.8 Å². The molecule has 0 saturated heterocycles. The smallest absolute Gasteiger partial charge is 0.278 e. The largest absolute Gasteiger partial charge is 0.394 e. The molecule has 0 heterocycles. The lowest BCUT2D eigenvalue weighted by Crippen LogP contribution is -2.64. The summed E-state index contributed by atoms with van der Waals surface area (Å²) in [6.45, 7) is 1.04. The Morgan fingerprint density at radius 1 is 1.22 bits per heavy atom. The number of carbonyl (C=O) groups excluding carboxylic acids is 3. The van der Waals surface area contributed by atoms with E-state index in [1.54, 1.807) is 12.1 Å². The summed E-state index contributed by atoms with van der Waals surface area (Å²) in [5.41, 5.74) is 0.221. The number of likely N-dealkylation sites (N-methyl/N-ethyl adjacent to an activating group) is 1. The number of nitrogens with one attached hydrogen (secondary N) is 3. The van der Waals surface area contributed by atoms with Crippen LogP contribution in [-0.4, -0.2) is 60.4 Å². The summed E-state index contributed by atoms with van der Waals surface area (Å²) in [6, 6.07) is 6.18. The number of hydrogen-bond donors (Lipinski definition) is 5. The molecule has 1 aromatic carbocycles. The maximum Gasteiger partial charge on any atom is 0.278 e. The summed E-state index contributed by atoms with van der Waals surface area (Å²) in [6.07, 6.45) is -0.00156. The molecule has 0 bridgehead atoms. The lowest BCUT2D eigenvalue weighted by Gasteiger charge is -2.26. The van der Waals surface area contributed by atoms with E-state index >= 15 is 0 Å². The third-order valence-corrected chi connectivity index (χ3v) is 3.85. The molecule has 0 fully saturated rings. The molecule has 0 aliphatic carbocycles. The van der Waals surface area contributed by atoms with Gasteiger partial charge < -0.3 is 20.5 Å². The van der Waals surface area contributed by atoms with Crippen LogP contribution in [0.1, 0.15) is 29.3 Å². The minimum Gasteiger partial charge on any atom is -0.394 e. The van der Waals surface area contributed by atoms with E-state index in [-0.39, 0.29) is 18.3 Å². The van der Waals surface area contributed by atoms with Gasteiger partial charge in [-0.25, -0.2) is 5.48 Å². The second kappa shape index (κ2) is 10.3. The molecule has 3 amide bonds. The second-order valence-electron chi connectivity index (χ2n) is 5.72. The molecular weight excluding hydrogens is 354 g/mol. The summed E-state index contributed by atoms with van der Waals surface area (Å²) < 4.78 is 5.00. The van der Waals surface area contributed by atoms with Crippen LogP contribution < -0.4 is 16.1 Å². The molecule has 27 heavy (non-hydrogen) atoms. The number of rotatable bonds is 7. The molecule has 0 radical (unpaired) electrons. The average molecular weight is 377 g/mol. The van der Waals surface area contributed by atoms with Crippen molar-refractivity contribution in [2.24, 2.45) is 0 Å². The minimum atomic E-state index is -1.99. The minimum absolute atomic E-state index is 0.129. The van der Waals surface area contributed by atoms with Crippen LogP contribution in [0.3, 0.4) is 0 Å². The third kappa shape index (κ3) is 5.79. The van der Waals surface area contributed by atoms with Crippen LogP contribution in [0.5, 0.6) is 0 Å². The van der Waals surface area contributed by atoms with Gasteiger partial charge in [0.15, 0.2) is 5.54 Å². The fourth-order valence-corrected chi connectivity index (χ4v) is 2.07. The molecule has 2 atom stereocenters. The molecule has 1 rings (SSSR count). The van der Waals surface area contributed by atoms with Gasteiger partial charge in [-0.3, -0.25) is 19.6 Å². The van der Waals surface area contributed by atoms with Gasteiger partial charge in [0.2, 0.25) is 0 Å². The van der Waals surface area contributed by atoms with Gasteiger partial charge >= 0.3 is 0 Å². The van der Waals surface area contributed by atoms with Crippen molar-refractivity contribution in [2.75, 3.05) is 20.8 Å². The lowest BCUT2D eigenvalue weighted by molar-refractivity contribution is -0.143. The fourth-order valence-electron chi connectivity index (χ4n) is 2.07. The van der Waals surface area contributed by atoms with Gasteiger partial charge in [-0.1, -0.05) is 11.8 Å². The van der Waals surface area contributed by atoms with Crippen LogP contribution >= 0.6 is 0 Å². The molecule has 0 spiro atoms. The SMILES string of the molecule is CNC(=O)C(C)(NC(=O)c1ccc(C#CCC(CO)OC)cc1)C(=O)NO. The quantitative estimate of drug-likeness (QED) is 0.182. The van der Waals surface area contributed by atoms with Crippen LogP contribution in [0, 0.1) is 11.8 Å². The summed E-state index contributed by atoms with van der Waals surface area (Å²) in [7, 11) is 2.79. The summed E-state index contributed by atoms with van der Waals surface area (Å²) in [5.74, 6) is 3.20. The highest BCUT2D eigenvalue weighted by Gasteiger charge is 2.42. The topological polar surface area (TPSA) is 137 Å². The molecule has 5 N–H and O–H groups in total. The van der Waals surface area contributed by atoms with Gasteiger partial charge in [0, 0.05) is 31.7 Å². The van der Waals surface area contributed by atoms with Crippen molar-refractivity contribution in [1.29, 1.82) is 0 Å². The van der Waals surface area contributed by atoms with Gasteiger partial charge in [-0.2, -0.15) is 0 Å². The lowest BCUT2D eigenvalue weighted by atomic mass is 9.99. The predicted octanol–water partition coefficient (Wildman–Crippen LogP) is -0.825. The zero-order valence-electron chi connectivity index (χ0n) is 15.3. The molecule has 9 heteroatoms. The Hall–Kier alpha value is -2.93. The molecule has 9 nitrogen and oxygen atoms in total. The maximum absolute atomic E-state index is 12.4. The van der Waals surface area contributed by atoms with Gasteiger partial charge in [0.25, 0.3) is 17.7 Å². The molecule has 0 aromatic heterocycles. The zero-order valence-corrected chi connectivity index (χ0v) is 15.3. The number of hydrogen-bond acceptors (Lipinski definition) is 6. The number of carbonyl (C=O) groups is 3. The van der Waals surface area contributed by atoms with Crippen LogP contribution in [0.4, 0.5) is 0 Å². The van der Waals surface area contributed by atoms with Crippen molar-refractivity contribution in [1.82, 2.24) is 16.1 Å². The molecule has 0 aliphatic rings. The van der Waals surface area contributed by atoms with Gasteiger partial charge in [0.1, 0.15) is 0 Å². The fraction of sp³-hybridized carbons (Fsp3) is 0.389. The van der Waals surface area contributed by atoms with Gasteiger partial charge in [-0.15, -0.1) is 0 Å². The number of aliphatic hydroxyl groups is 1. The van der Waals surface area contributed by atoms with Crippen molar-refractivity contribution in [3.05, 3.63) is 35.4 Å². The summed E-state index contributed by atoms with van der Waals surface area (Å²) in [4.78, 5) is 36.1. The first-order valence-electron chi connectivity index (χ1n) is 8.04. The number of benzene rings is 1. The highest BCUT2D eigenvalue weighted by atomic mass is 16.5. The average Bonchev–Trinajstić information content (AvgIpc) is 2.70. The first-order valence-corrected chi connectivity index (χ1v) is 8.04. The molecule has 2 unspecified atom stereocenters. The number of aliphatic hydroxyl groups excluding tert-OH is 1. The van der Waals surface area contributed by atoms with Crippen molar-refractivity contribution < 1.29 is 29.4 Å². The van der Waals surface area contributed by atoms with E-state index in [4.69, 9.17) is 15.1 Å². The van der Waals surface area contributed by atoms with Crippen LogP contribution in [0.15, 0.2) is 24.3 Å². The highest BCUT2D eigenvalue weighted by molar-refractivity contribution is 6.12. The van der Waals surface area contributed by atoms with Crippen molar-refractivity contribution >= 4 is 17.7 Å². The second-order valence-corrected chi connectivity index (χ2v) is 5.72. The third-order valence-electron chi connectivity index (χ3n) is 3.85. The van der Waals surface area contributed by atoms with E-state index in [9.17, 15) is 14.4 Å². The van der Waals surface area contributed by atoms with Gasteiger partial charge in [0.05, 0.1) is 12.7 Å². The first kappa shape index (κ1) is 22.1. The molecule has 0 aliphatic heterocycles. The van der Waals surface area contributed by atoms with Gasteiger partial charge in [-0.05, 0) is 31.2 Å². The Balaban J connectivity index is 2.89. The van der Waals surface area contributed by atoms with E-state index in [1.807, 2.05) is 0 Å². The van der Waals surface area contributed by atoms with Crippen LogP contribution in [0.2, 0.25) is 0 Å². The molecule has 1 aromatic rings. The van der Waals surface area contributed by atoms with E-state index < -0.39 is 23.3 Å². The van der Waals surface area contributed by atoms with E-state index in [2.05, 4.69) is 22.5 Å². The van der Waals surface area contributed by atoms with E-state index in [1.165, 1.54) is 38.7 Å². The normalized spacial score (nSPS) is 13.4. The molecular formula is C18H23N3O6. The standard InChI is InChI=1S/C18H23N3O6/c1-18(16(24)19-2,17(25)21-26)20-15(23)13-9-7-12(8-10-13)5-4-6-14(11-22)27-3/h7-10,14,22,26H,6,11H2,1-3H3,(H,19,24)(H,20,23)(H,21,25). The maximum atomic E-state index is 12.4.